The Kier molecular flexibility index (Phi) is 4.47. The van der Waals surface area contributed by atoms with Gasteiger partial charge in [-0.25, -0.2) is 4.98 Å². The lowest BCUT2D eigenvalue weighted by Crippen LogP contribution is -2.62. The van der Waals surface area contributed by atoms with Crippen LogP contribution in [0.2, 0.25) is 0 Å². The molecule has 1 aliphatic rings. The van der Waals surface area contributed by atoms with Gasteiger partial charge in [-0.05, 0) is 12.1 Å². The van der Waals surface area contributed by atoms with E-state index >= 15 is 0 Å². The molecule has 0 bridgehead atoms. The summed E-state index contributed by atoms with van der Waals surface area (Å²) in [6.07, 6.45) is 2.64. The fourth-order valence-electron chi connectivity index (χ4n) is 3.86. The first kappa shape index (κ1) is 17.7. The van der Waals surface area contributed by atoms with Crippen LogP contribution >= 0.6 is 0 Å². The molecule has 0 unspecified atom stereocenters. The van der Waals surface area contributed by atoms with E-state index in [2.05, 4.69) is 40.9 Å². The number of ether oxygens (including phenoxy) is 2. The fourth-order valence-corrected chi connectivity index (χ4v) is 3.86. The van der Waals surface area contributed by atoms with E-state index in [1.165, 1.54) is 6.33 Å². The number of rotatable bonds is 6. The zero-order valence-electron chi connectivity index (χ0n) is 16.2. The minimum absolute atomic E-state index is 0.0117. The lowest BCUT2D eigenvalue weighted by atomic mass is 9.64. The molecule has 0 aliphatic heterocycles. The summed E-state index contributed by atoms with van der Waals surface area (Å²) in [5.74, 6) is 2.46. The number of nitrogens with zero attached hydrogens (tertiary/aromatic N) is 5. The molecule has 2 heterocycles. The van der Waals surface area contributed by atoms with Crippen LogP contribution in [0.3, 0.4) is 0 Å². The number of fused-ring (bicyclic) bond motifs is 1. The topological polar surface area (TPSA) is 64.8 Å². The highest BCUT2D eigenvalue weighted by molar-refractivity contribution is 5.49. The molecule has 7 heteroatoms. The van der Waals surface area contributed by atoms with Crippen molar-refractivity contribution >= 4 is 11.6 Å². The van der Waals surface area contributed by atoms with E-state index in [1.54, 1.807) is 11.6 Å². The molecular weight excluding hydrogens is 342 g/mol. The average molecular weight is 367 g/mol. The second-order valence-electron chi connectivity index (χ2n) is 7.61. The largest absolute Gasteiger partial charge is 0.490 e. The minimum Gasteiger partial charge on any atom is -0.490 e. The second kappa shape index (κ2) is 6.81. The number of methoxy groups -OCH3 is 1. The fraction of sp³-hybridized carbons (Fsp3) is 0.450. The SMILES string of the molecule is COCc1cc(N(C)[C@H]2C[C@H](Oc3ccccc3)C2(C)C)n2ncnc2n1. The van der Waals surface area contributed by atoms with Crippen LogP contribution in [0.5, 0.6) is 5.75 Å². The summed E-state index contributed by atoms with van der Waals surface area (Å²) >= 11 is 0. The Hall–Kier alpha value is -2.67. The average Bonchev–Trinajstić information content (AvgIpc) is 3.13. The standard InChI is InChI=1S/C20H25N5O2/c1-20(2)16(11-17(20)27-15-8-6-5-7-9-15)24(3)18-10-14(12-26-4)23-19-21-13-22-25(18)19/h5-10,13,16-17H,11-12H2,1-4H3/t16-,17-/m0/s1. The van der Waals surface area contributed by atoms with Gasteiger partial charge < -0.3 is 14.4 Å². The number of para-hydroxylation sites is 1. The van der Waals surface area contributed by atoms with Crippen molar-refractivity contribution in [3.05, 3.63) is 48.4 Å². The van der Waals surface area contributed by atoms with E-state index in [1.807, 2.05) is 36.4 Å². The lowest BCUT2D eigenvalue weighted by molar-refractivity contribution is -0.0418. The highest BCUT2D eigenvalue weighted by Gasteiger charge is 2.52. The molecule has 0 saturated heterocycles. The van der Waals surface area contributed by atoms with Crippen LogP contribution in [-0.4, -0.2) is 45.9 Å². The zero-order valence-corrected chi connectivity index (χ0v) is 16.2. The molecular formula is C20H25N5O2. The molecule has 4 rings (SSSR count). The number of hydrogen-bond donors (Lipinski definition) is 0. The first-order chi connectivity index (χ1) is 13.0. The number of aromatic nitrogens is 4. The van der Waals surface area contributed by atoms with Gasteiger partial charge >= 0.3 is 0 Å². The summed E-state index contributed by atoms with van der Waals surface area (Å²) in [7, 11) is 3.76. The maximum Gasteiger partial charge on any atom is 0.254 e. The quantitative estimate of drug-likeness (QED) is 0.667. The van der Waals surface area contributed by atoms with Gasteiger partial charge in [-0.1, -0.05) is 32.0 Å². The number of benzene rings is 1. The number of hydrogen-bond acceptors (Lipinski definition) is 6. The third kappa shape index (κ3) is 3.12. The van der Waals surface area contributed by atoms with Gasteiger partial charge in [-0.3, -0.25) is 0 Å². The second-order valence-corrected chi connectivity index (χ2v) is 7.61. The van der Waals surface area contributed by atoms with Crippen molar-refractivity contribution in [3.63, 3.8) is 0 Å². The maximum atomic E-state index is 6.22. The predicted molar refractivity (Wildman–Crippen MR) is 103 cm³/mol. The zero-order chi connectivity index (χ0) is 19.0. The van der Waals surface area contributed by atoms with Crippen molar-refractivity contribution in [2.45, 2.75) is 39.0 Å². The van der Waals surface area contributed by atoms with Crippen molar-refractivity contribution < 1.29 is 9.47 Å². The lowest BCUT2D eigenvalue weighted by Gasteiger charge is -2.55. The molecule has 0 amide bonds. The molecule has 2 aromatic heterocycles. The van der Waals surface area contributed by atoms with Gasteiger partial charge in [-0.2, -0.15) is 14.6 Å². The van der Waals surface area contributed by atoms with E-state index in [-0.39, 0.29) is 11.5 Å². The van der Waals surface area contributed by atoms with E-state index < -0.39 is 0 Å². The predicted octanol–water partition coefficient (Wildman–Crippen LogP) is 2.95. The third-order valence-corrected chi connectivity index (χ3v) is 5.55. The van der Waals surface area contributed by atoms with Gasteiger partial charge in [0, 0.05) is 38.1 Å². The van der Waals surface area contributed by atoms with E-state index in [0.717, 1.165) is 23.7 Å². The summed E-state index contributed by atoms with van der Waals surface area (Å²) in [6.45, 7) is 4.94. The summed E-state index contributed by atoms with van der Waals surface area (Å²) < 4.78 is 13.3. The smallest absolute Gasteiger partial charge is 0.254 e. The van der Waals surface area contributed by atoms with Crippen molar-refractivity contribution in [2.75, 3.05) is 19.1 Å². The van der Waals surface area contributed by atoms with Crippen molar-refractivity contribution in [1.29, 1.82) is 0 Å². The Morgan fingerprint density at radius 3 is 2.74 bits per heavy atom. The first-order valence-corrected chi connectivity index (χ1v) is 9.14. The van der Waals surface area contributed by atoms with Crippen LogP contribution in [0.1, 0.15) is 26.0 Å². The summed E-state index contributed by atoms with van der Waals surface area (Å²) in [4.78, 5) is 11.0. The third-order valence-electron chi connectivity index (χ3n) is 5.55. The van der Waals surface area contributed by atoms with Crippen molar-refractivity contribution in [2.24, 2.45) is 5.41 Å². The van der Waals surface area contributed by atoms with Gasteiger partial charge in [0.1, 0.15) is 24.0 Å². The van der Waals surface area contributed by atoms with Gasteiger partial charge in [-0.15, -0.1) is 0 Å². The Labute approximate surface area is 158 Å². The molecule has 0 radical (unpaired) electrons. The van der Waals surface area contributed by atoms with Gasteiger partial charge in [0.15, 0.2) is 0 Å². The minimum atomic E-state index is -0.0117. The Bertz CT molecular complexity index is 925. The van der Waals surface area contributed by atoms with Crippen LogP contribution in [0.4, 0.5) is 5.82 Å². The Morgan fingerprint density at radius 1 is 1.26 bits per heavy atom. The molecule has 142 valence electrons. The first-order valence-electron chi connectivity index (χ1n) is 9.14. The van der Waals surface area contributed by atoms with E-state index in [0.29, 0.717) is 18.4 Å². The monoisotopic (exact) mass is 367 g/mol. The van der Waals surface area contributed by atoms with E-state index in [9.17, 15) is 0 Å². The van der Waals surface area contributed by atoms with Crippen LogP contribution < -0.4 is 9.64 Å². The molecule has 7 nitrogen and oxygen atoms in total. The molecule has 0 N–H and O–H groups in total. The molecule has 0 spiro atoms. The van der Waals surface area contributed by atoms with E-state index in [4.69, 9.17) is 9.47 Å². The molecule has 3 aromatic rings. The summed E-state index contributed by atoms with van der Waals surface area (Å²) in [5.41, 5.74) is 0.830. The molecule has 27 heavy (non-hydrogen) atoms. The highest BCUT2D eigenvalue weighted by atomic mass is 16.5. The molecule has 1 aromatic carbocycles. The highest BCUT2D eigenvalue weighted by Crippen LogP contribution is 2.46. The summed E-state index contributed by atoms with van der Waals surface area (Å²) in [5, 5.41) is 4.35. The van der Waals surface area contributed by atoms with Gasteiger partial charge in [0.2, 0.25) is 0 Å². The van der Waals surface area contributed by atoms with Crippen LogP contribution in [0.15, 0.2) is 42.7 Å². The number of anilines is 1. The van der Waals surface area contributed by atoms with Crippen LogP contribution in [-0.2, 0) is 11.3 Å². The summed E-state index contributed by atoms with van der Waals surface area (Å²) in [6, 6.07) is 12.3. The van der Waals surface area contributed by atoms with Crippen LogP contribution in [0.25, 0.3) is 5.78 Å². The molecule has 1 saturated carbocycles. The van der Waals surface area contributed by atoms with Gasteiger partial charge in [0.05, 0.1) is 12.3 Å². The van der Waals surface area contributed by atoms with Crippen molar-refractivity contribution in [1.82, 2.24) is 19.6 Å². The molecule has 2 atom stereocenters. The van der Waals surface area contributed by atoms with Crippen LogP contribution in [0, 0.1) is 5.41 Å². The normalized spacial score (nSPS) is 21.0. The molecule has 1 aliphatic carbocycles. The maximum absolute atomic E-state index is 6.22. The van der Waals surface area contributed by atoms with Gasteiger partial charge in [0.25, 0.3) is 5.78 Å². The van der Waals surface area contributed by atoms with Crippen molar-refractivity contribution in [3.8, 4) is 5.75 Å². The molecule has 1 fully saturated rings. The Balaban J connectivity index is 1.58. The Morgan fingerprint density at radius 2 is 2.04 bits per heavy atom.